The maximum absolute atomic E-state index is 12.3. The molecule has 2 heterocycles. The molecule has 19 heavy (non-hydrogen) atoms. The van der Waals surface area contributed by atoms with Crippen LogP contribution in [-0.4, -0.2) is 56.7 Å². The zero-order chi connectivity index (χ0) is 14.3. The fourth-order valence-corrected chi connectivity index (χ4v) is 7.04. The van der Waals surface area contributed by atoms with Gasteiger partial charge >= 0.3 is 0 Å². The van der Waals surface area contributed by atoms with Crippen molar-refractivity contribution in [3.63, 3.8) is 0 Å². The lowest BCUT2D eigenvalue weighted by molar-refractivity contribution is 0.264. The number of hydrogen-bond acceptors (Lipinski definition) is 4. The highest BCUT2D eigenvalue weighted by atomic mass is 35.5. The third-order valence-corrected chi connectivity index (χ3v) is 7.77. The number of hydrogen-bond donors (Lipinski definition) is 1. The summed E-state index contributed by atoms with van der Waals surface area (Å²) in [5.41, 5.74) is 0. The van der Waals surface area contributed by atoms with E-state index in [-0.39, 0.29) is 17.5 Å². The lowest BCUT2D eigenvalue weighted by Crippen LogP contribution is -2.52. The quantitative estimate of drug-likeness (QED) is 0.744. The van der Waals surface area contributed by atoms with Gasteiger partial charge in [0.15, 0.2) is 9.84 Å². The molecule has 2 aliphatic heterocycles. The summed E-state index contributed by atoms with van der Waals surface area (Å²) in [6.45, 7) is 2.34. The van der Waals surface area contributed by atoms with Gasteiger partial charge in [-0.25, -0.2) is 8.42 Å². The van der Waals surface area contributed by atoms with Crippen molar-refractivity contribution in [2.24, 2.45) is 0 Å². The zero-order valence-corrected chi connectivity index (χ0v) is 13.1. The van der Waals surface area contributed by atoms with E-state index in [1.54, 1.807) is 0 Å². The number of nitrogens with one attached hydrogen (secondary N) is 1. The van der Waals surface area contributed by atoms with E-state index < -0.39 is 31.5 Å². The molecule has 3 unspecified atom stereocenters. The van der Waals surface area contributed by atoms with E-state index in [2.05, 4.69) is 4.72 Å². The number of piperidine rings is 1. The largest absolute Gasteiger partial charge is 0.280 e. The van der Waals surface area contributed by atoms with Crippen LogP contribution in [0.1, 0.15) is 26.2 Å². The third kappa shape index (κ3) is 3.60. The lowest BCUT2D eigenvalue weighted by Gasteiger charge is -2.33. The Morgan fingerprint density at radius 2 is 1.95 bits per heavy atom. The van der Waals surface area contributed by atoms with Gasteiger partial charge in [0.25, 0.3) is 10.2 Å². The standard InChI is InChI=1S/C10H19ClN2O4S2/c1-8-4-2-3-5-13(8)19(16,17)12-10-7-18(14,15)6-9(10)11/h8-10,12H,2-7H2,1H3. The van der Waals surface area contributed by atoms with Crippen LogP contribution in [0.2, 0.25) is 0 Å². The van der Waals surface area contributed by atoms with Gasteiger partial charge in [-0.1, -0.05) is 6.42 Å². The highest BCUT2D eigenvalue weighted by Crippen LogP contribution is 2.22. The molecule has 0 radical (unpaired) electrons. The minimum atomic E-state index is -3.66. The number of sulfone groups is 1. The van der Waals surface area contributed by atoms with Crippen molar-refractivity contribution in [2.45, 2.75) is 43.6 Å². The van der Waals surface area contributed by atoms with E-state index in [0.29, 0.717) is 6.54 Å². The molecule has 2 aliphatic rings. The molecule has 0 saturated carbocycles. The van der Waals surface area contributed by atoms with Crippen LogP contribution in [0.25, 0.3) is 0 Å². The van der Waals surface area contributed by atoms with Gasteiger partial charge in [-0.3, -0.25) is 0 Å². The van der Waals surface area contributed by atoms with E-state index in [0.717, 1.165) is 19.3 Å². The third-order valence-electron chi connectivity index (χ3n) is 3.63. The normalized spacial score (nSPS) is 36.4. The van der Waals surface area contributed by atoms with Gasteiger partial charge in [0, 0.05) is 12.6 Å². The molecule has 0 bridgehead atoms. The van der Waals surface area contributed by atoms with Crippen molar-refractivity contribution in [1.82, 2.24) is 9.03 Å². The second-order valence-corrected chi connectivity index (χ2v) is 9.65. The van der Waals surface area contributed by atoms with Gasteiger partial charge in [-0.05, 0) is 19.8 Å². The molecule has 2 rings (SSSR count). The van der Waals surface area contributed by atoms with Crippen LogP contribution in [0, 0.1) is 0 Å². The molecule has 0 aromatic carbocycles. The summed E-state index contributed by atoms with van der Waals surface area (Å²) >= 11 is 5.92. The molecule has 3 atom stereocenters. The summed E-state index contributed by atoms with van der Waals surface area (Å²) in [6.07, 6.45) is 2.68. The van der Waals surface area contributed by atoms with Crippen molar-refractivity contribution >= 4 is 31.6 Å². The molecular formula is C10H19ClN2O4S2. The fraction of sp³-hybridized carbons (Fsp3) is 1.00. The van der Waals surface area contributed by atoms with Gasteiger partial charge in [-0.2, -0.15) is 17.4 Å². The van der Waals surface area contributed by atoms with Crippen molar-refractivity contribution in [1.29, 1.82) is 0 Å². The van der Waals surface area contributed by atoms with Crippen LogP contribution in [0.5, 0.6) is 0 Å². The molecule has 9 heteroatoms. The predicted octanol–water partition coefficient (Wildman–Crippen LogP) is 0.0996. The molecule has 2 fully saturated rings. The summed E-state index contributed by atoms with van der Waals surface area (Å²) in [7, 11) is -6.90. The Labute approximate surface area is 119 Å². The van der Waals surface area contributed by atoms with Crippen molar-refractivity contribution in [3.05, 3.63) is 0 Å². The Bertz CT molecular complexity index is 534. The predicted molar refractivity (Wildman–Crippen MR) is 74.2 cm³/mol. The Balaban J connectivity index is 2.09. The van der Waals surface area contributed by atoms with E-state index in [4.69, 9.17) is 11.6 Å². The van der Waals surface area contributed by atoms with Crippen LogP contribution in [-0.2, 0) is 20.0 Å². The maximum atomic E-state index is 12.3. The SMILES string of the molecule is CC1CCCCN1S(=O)(=O)NC1CS(=O)(=O)CC1Cl. The van der Waals surface area contributed by atoms with Crippen LogP contribution in [0.3, 0.4) is 0 Å². The Kier molecular flexibility index (Phi) is 4.47. The number of rotatable bonds is 3. The first-order valence-corrected chi connectivity index (χ1v) is 10.0. The van der Waals surface area contributed by atoms with Crippen molar-refractivity contribution in [3.8, 4) is 0 Å². The van der Waals surface area contributed by atoms with Gasteiger partial charge < -0.3 is 0 Å². The summed E-state index contributed by atoms with van der Waals surface area (Å²) in [6, 6.07) is -0.788. The molecule has 0 aliphatic carbocycles. The van der Waals surface area contributed by atoms with Gasteiger partial charge in [-0.15, -0.1) is 11.6 Å². The van der Waals surface area contributed by atoms with Crippen LogP contribution in [0.4, 0.5) is 0 Å². The highest BCUT2D eigenvalue weighted by Gasteiger charge is 2.40. The molecule has 112 valence electrons. The average Bonchev–Trinajstić information content (AvgIpc) is 2.51. The second kappa shape index (κ2) is 5.48. The minimum absolute atomic E-state index is 0.0574. The fourth-order valence-electron chi connectivity index (χ4n) is 2.60. The number of alkyl halides is 1. The van der Waals surface area contributed by atoms with Crippen LogP contribution < -0.4 is 4.72 Å². The molecule has 1 N–H and O–H groups in total. The topological polar surface area (TPSA) is 83.6 Å². The second-order valence-electron chi connectivity index (χ2n) is 5.28. The molecule has 0 aromatic heterocycles. The summed E-state index contributed by atoms with van der Waals surface area (Å²) in [5.74, 6) is -0.389. The monoisotopic (exact) mass is 330 g/mol. The van der Waals surface area contributed by atoms with Gasteiger partial charge in [0.1, 0.15) is 0 Å². The first-order chi connectivity index (χ1) is 8.71. The van der Waals surface area contributed by atoms with Gasteiger partial charge in [0.2, 0.25) is 0 Å². The first kappa shape index (κ1) is 15.5. The summed E-state index contributed by atoms with van der Waals surface area (Å²) in [4.78, 5) is 0. The highest BCUT2D eigenvalue weighted by molar-refractivity contribution is 7.92. The van der Waals surface area contributed by atoms with Crippen LogP contribution >= 0.6 is 11.6 Å². The molecule has 6 nitrogen and oxygen atoms in total. The molecule has 0 amide bonds. The Morgan fingerprint density at radius 1 is 1.26 bits per heavy atom. The van der Waals surface area contributed by atoms with Crippen LogP contribution in [0.15, 0.2) is 0 Å². The Hall–Kier alpha value is 0.110. The maximum Gasteiger partial charge on any atom is 0.280 e. The zero-order valence-electron chi connectivity index (χ0n) is 10.7. The number of halogens is 1. The smallest absolute Gasteiger partial charge is 0.229 e. The van der Waals surface area contributed by atoms with Gasteiger partial charge in [0.05, 0.1) is 22.9 Å². The summed E-state index contributed by atoms with van der Waals surface area (Å²) in [5, 5.41) is -0.695. The van der Waals surface area contributed by atoms with Crippen molar-refractivity contribution in [2.75, 3.05) is 18.1 Å². The molecular weight excluding hydrogens is 312 g/mol. The van der Waals surface area contributed by atoms with E-state index in [1.165, 1.54) is 4.31 Å². The molecule has 0 spiro atoms. The summed E-state index contributed by atoms with van der Waals surface area (Å²) < 4.78 is 51.3. The number of nitrogens with zero attached hydrogens (tertiary/aromatic N) is 1. The first-order valence-electron chi connectivity index (χ1n) is 6.35. The van der Waals surface area contributed by atoms with E-state index in [9.17, 15) is 16.8 Å². The van der Waals surface area contributed by atoms with E-state index >= 15 is 0 Å². The van der Waals surface area contributed by atoms with Crippen molar-refractivity contribution < 1.29 is 16.8 Å². The molecule has 2 saturated heterocycles. The molecule has 0 aromatic rings. The Morgan fingerprint density at radius 3 is 2.47 bits per heavy atom. The van der Waals surface area contributed by atoms with E-state index in [1.807, 2.05) is 6.92 Å². The lowest BCUT2D eigenvalue weighted by atomic mass is 10.1. The average molecular weight is 331 g/mol. The minimum Gasteiger partial charge on any atom is -0.229 e.